The van der Waals surface area contributed by atoms with E-state index in [4.69, 9.17) is 5.11 Å². The molecule has 0 aromatic carbocycles. The van der Waals surface area contributed by atoms with E-state index in [1.54, 1.807) is 5.38 Å². The van der Waals surface area contributed by atoms with Crippen molar-refractivity contribution in [2.24, 2.45) is 5.92 Å². The first-order chi connectivity index (χ1) is 8.20. The van der Waals surface area contributed by atoms with Crippen LogP contribution in [0.25, 0.3) is 0 Å². The van der Waals surface area contributed by atoms with Crippen LogP contribution in [0.2, 0.25) is 0 Å². The number of thiazole rings is 1. The number of aromatic nitrogens is 1. The van der Waals surface area contributed by atoms with Gasteiger partial charge in [-0.3, -0.25) is 0 Å². The first kappa shape index (κ1) is 12.4. The highest BCUT2D eigenvalue weighted by atomic mass is 32.1. The minimum atomic E-state index is -0.937. The van der Waals surface area contributed by atoms with Crippen molar-refractivity contribution < 1.29 is 9.90 Å². The fourth-order valence-corrected chi connectivity index (χ4v) is 3.18. The molecule has 0 saturated carbocycles. The molecule has 4 nitrogen and oxygen atoms in total. The summed E-state index contributed by atoms with van der Waals surface area (Å²) in [7, 11) is 0. The third kappa shape index (κ3) is 2.97. The van der Waals surface area contributed by atoms with Crippen molar-refractivity contribution in [3.8, 4) is 0 Å². The Bertz CT molecular complexity index is 384. The van der Waals surface area contributed by atoms with E-state index in [1.165, 1.54) is 37.0 Å². The van der Waals surface area contributed by atoms with Gasteiger partial charge in [0.05, 0.1) is 0 Å². The fraction of sp³-hybridized carbons (Fsp3) is 0.667. The Kier molecular flexibility index (Phi) is 3.99. The van der Waals surface area contributed by atoms with Gasteiger partial charge in [-0.05, 0) is 18.8 Å². The highest BCUT2D eigenvalue weighted by Crippen LogP contribution is 2.28. The number of carboxylic acid groups (broad SMARTS) is 1. The molecule has 0 aliphatic carbocycles. The maximum absolute atomic E-state index is 10.8. The lowest BCUT2D eigenvalue weighted by Gasteiger charge is -2.31. The van der Waals surface area contributed by atoms with Crippen molar-refractivity contribution in [3.63, 3.8) is 0 Å². The highest BCUT2D eigenvalue weighted by Gasteiger charge is 2.21. The molecule has 94 valence electrons. The molecule has 1 aromatic rings. The van der Waals surface area contributed by atoms with Crippen molar-refractivity contribution in [1.82, 2.24) is 4.98 Å². The van der Waals surface area contributed by atoms with E-state index in [0.29, 0.717) is 0 Å². The lowest BCUT2D eigenvalue weighted by atomic mass is 9.93. The number of piperidine rings is 1. The summed E-state index contributed by atoms with van der Waals surface area (Å²) in [5, 5.41) is 11.3. The van der Waals surface area contributed by atoms with Gasteiger partial charge < -0.3 is 10.0 Å². The normalized spacial score (nSPS) is 17.4. The molecule has 1 saturated heterocycles. The zero-order chi connectivity index (χ0) is 12.3. The molecule has 0 amide bonds. The number of anilines is 1. The summed E-state index contributed by atoms with van der Waals surface area (Å²) >= 11 is 1.43. The molecule has 0 spiro atoms. The second kappa shape index (κ2) is 5.49. The first-order valence-corrected chi connectivity index (χ1v) is 7.02. The molecule has 0 radical (unpaired) electrons. The van der Waals surface area contributed by atoms with Crippen LogP contribution in [-0.4, -0.2) is 29.1 Å². The maximum atomic E-state index is 10.8. The molecule has 0 atom stereocenters. The quantitative estimate of drug-likeness (QED) is 0.897. The molecule has 0 unspecified atom stereocenters. The van der Waals surface area contributed by atoms with Gasteiger partial charge in [0.1, 0.15) is 0 Å². The smallest absolute Gasteiger partial charge is 0.355 e. The number of hydrogen-bond donors (Lipinski definition) is 1. The molecule has 0 bridgehead atoms. The van der Waals surface area contributed by atoms with E-state index in [9.17, 15) is 4.79 Å². The predicted molar refractivity (Wildman–Crippen MR) is 68.9 cm³/mol. The summed E-state index contributed by atoms with van der Waals surface area (Å²) in [5.41, 5.74) is 0.167. The topological polar surface area (TPSA) is 53.4 Å². The van der Waals surface area contributed by atoms with Crippen LogP contribution >= 0.6 is 11.3 Å². The van der Waals surface area contributed by atoms with Crippen LogP contribution in [-0.2, 0) is 0 Å². The lowest BCUT2D eigenvalue weighted by Crippen LogP contribution is -2.33. The monoisotopic (exact) mass is 254 g/mol. The Labute approximate surface area is 105 Å². The van der Waals surface area contributed by atoms with E-state index in [0.717, 1.165) is 24.1 Å². The molecular formula is C12H18N2O2S. The van der Waals surface area contributed by atoms with Crippen molar-refractivity contribution in [1.29, 1.82) is 0 Å². The van der Waals surface area contributed by atoms with Gasteiger partial charge in [0, 0.05) is 18.5 Å². The Morgan fingerprint density at radius 1 is 1.59 bits per heavy atom. The second-order valence-corrected chi connectivity index (χ2v) is 5.38. The van der Waals surface area contributed by atoms with E-state index in [2.05, 4.69) is 16.8 Å². The zero-order valence-corrected chi connectivity index (χ0v) is 10.9. The van der Waals surface area contributed by atoms with Gasteiger partial charge in [-0.1, -0.05) is 19.8 Å². The second-order valence-electron chi connectivity index (χ2n) is 4.54. The third-order valence-corrected chi connectivity index (χ3v) is 4.19. The van der Waals surface area contributed by atoms with Gasteiger partial charge in [0.15, 0.2) is 10.8 Å². The number of rotatable bonds is 4. The van der Waals surface area contributed by atoms with Gasteiger partial charge in [-0.2, -0.15) is 0 Å². The highest BCUT2D eigenvalue weighted by molar-refractivity contribution is 7.13. The van der Waals surface area contributed by atoms with Crippen LogP contribution in [0.1, 0.15) is 43.1 Å². The van der Waals surface area contributed by atoms with Gasteiger partial charge in [-0.25, -0.2) is 9.78 Å². The largest absolute Gasteiger partial charge is 0.476 e. The number of carbonyl (C=O) groups is 1. The van der Waals surface area contributed by atoms with Gasteiger partial charge >= 0.3 is 5.97 Å². The molecule has 1 N–H and O–H groups in total. The molecule has 1 aliphatic rings. The summed E-state index contributed by atoms with van der Waals surface area (Å²) in [6, 6.07) is 0. The zero-order valence-electron chi connectivity index (χ0n) is 10.1. The molecule has 1 aliphatic heterocycles. The van der Waals surface area contributed by atoms with Crippen molar-refractivity contribution >= 4 is 22.4 Å². The standard InChI is InChI=1S/C12H18N2O2S/c1-2-3-9-4-6-14(7-5-9)12-13-10(8-17-12)11(15)16/h8-9H,2-7H2,1H3,(H,15,16). The lowest BCUT2D eigenvalue weighted by molar-refractivity contribution is 0.0691. The van der Waals surface area contributed by atoms with Crippen molar-refractivity contribution in [3.05, 3.63) is 11.1 Å². The van der Waals surface area contributed by atoms with Crippen LogP contribution in [0.5, 0.6) is 0 Å². The molecule has 5 heteroatoms. The number of carboxylic acids is 1. The number of hydrogen-bond acceptors (Lipinski definition) is 4. The van der Waals surface area contributed by atoms with Crippen molar-refractivity contribution in [2.75, 3.05) is 18.0 Å². The average molecular weight is 254 g/mol. The molecule has 17 heavy (non-hydrogen) atoms. The van der Waals surface area contributed by atoms with E-state index >= 15 is 0 Å². The summed E-state index contributed by atoms with van der Waals surface area (Å²) in [6.07, 6.45) is 4.98. The van der Waals surface area contributed by atoms with Gasteiger partial charge in [-0.15, -0.1) is 11.3 Å². The SMILES string of the molecule is CCCC1CCN(c2nc(C(=O)O)cs2)CC1. The fourth-order valence-electron chi connectivity index (χ4n) is 2.33. The number of nitrogens with zero attached hydrogens (tertiary/aromatic N) is 2. The Balaban J connectivity index is 1.93. The molecule has 2 heterocycles. The Hall–Kier alpha value is -1.10. The first-order valence-electron chi connectivity index (χ1n) is 6.14. The van der Waals surface area contributed by atoms with Crippen molar-refractivity contribution in [2.45, 2.75) is 32.6 Å². The van der Waals surface area contributed by atoms with Gasteiger partial charge in [0.2, 0.25) is 0 Å². The predicted octanol–water partition coefficient (Wildman–Crippen LogP) is 2.86. The molecule has 1 fully saturated rings. The van der Waals surface area contributed by atoms with E-state index in [1.807, 2.05) is 0 Å². The summed E-state index contributed by atoms with van der Waals surface area (Å²) in [4.78, 5) is 17.1. The maximum Gasteiger partial charge on any atom is 0.355 e. The van der Waals surface area contributed by atoms with Gasteiger partial charge in [0.25, 0.3) is 0 Å². The molecule has 1 aromatic heterocycles. The van der Waals surface area contributed by atoms with Crippen LogP contribution in [0.15, 0.2) is 5.38 Å². The number of aromatic carboxylic acids is 1. The van der Waals surface area contributed by atoms with E-state index < -0.39 is 5.97 Å². The Morgan fingerprint density at radius 2 is 2.29 bits per heavy atom. The summed E-state index contributed by atoms with van der Waals surface area (Å²) in [5.74, 6) is -0.0940. The summed E-state index contributed by atoms with van der Waals surface area (Å²) in [6.45, 7) is 4.25. The van der Waals surface area contributed by atoms with Crippen LogP contribution in [0.4, 0.5) is 5.13 Å². The molecule has 2 rings (SSSR count). The van der Waals surface area contributed by atoms with Crippen LogP contribution in [0, 0.1) is 5.92 Å². The van der Waals surface area contributed by atoms with Crippen LogP contribution in [0.3, 0.4) is 0 Å². The minimum absolute atomic E-state index is 0.167. The molecular weight excluding hydrogens is 236 g/mol. The van der Waals surface area contributed by atoms with E-state index in [-0.39, 0.29) is 5.69 Å². The Morgan fingerprint density at radius 3 is 2.82 bits per heavy atom. The average Bonchev–Trinajstić information content (AvgIpc) is 2.80. The minimum Gasteiger partial charge on any atom is -0.476 e. The summed E-state index contributed by atoms with van der Waals surface area (Å²) < 4.78 is 0. The van der Waals surface area contributed by atoms with Crippen LogP contribution < -0.4 is 4.90 Å². The third-order valence-electron chi connectivity index (χ3n) is 3.29.